The van der Waals surface area contributed by atoms with Gasteiger partial charge in [0.1, 0.15) is 0 Å². The van der Waals surface area contributed by atoms with E-state index in [1.165, 1.54) is 57.3 Å². The van der Waals surface area contributed by atoms with Crippen molar-refractivity contribution in [2.24, 2.45) is 5.92 Å². The van der Waals surface area contributed by atoms with E-state index in [-0.39, 0.29) is 0 Å². The first-order valence-corrected chi connectivity index (χ1v) is 8.86. The van der Waals surface area contributed by atoms with Gasteiger partial charge in [0.2, 0.25) is 0 Å². The van der Waals surface area contributed by atoms with E-state index in [0.29, 0.717) is 6.04 Å². The van der Waals surface area contributed by atoms with Gasteiger partial charge in [-0.15, -0.1) is 0 Å². The first-order chi connectivity index (χ1) is 10.3. The lowest BCUT2D eigenvalue weighted by atomic mass is 10.0. The number of nitrogens with one attached hydrogen (secondary N) is 1. The third kappa shape index (κ3) is 4.55. The predicted molar refractivity (Wildman–Crippen MR) is 89.5 cm³/mol. The van der Waals surface area contributed by atoms with Crippen LogP contribution in [0.2, 0.25) is 0 Å². The van der Waals surface area contributed by atoms with Crippen molar-refractivity contribution >= 4 is 0 Å². The van der Waals surface area contributed by atoms with E-state index in [9.17, 15) is 0 Å². The van der Waals surface area contributed by atoms with Crippen LogP contribution >= 0.6 is 0 Å². The molecule has 0 amide bonds. The first-order valence-electron chi connectivity index (χ1n) is 8.86. The van der Waals surface area contributed by atoms with Crippen LogP contribution in [0.15, 0.2) is 30.3 Å². The third-order valence-corrected chi connectivity index (χ3v) is 5.12. The average Bonchev–Trinajstić information content (AvgIpc) is 3.33. The molecule has 2 unspecified atom stereocenters. The topological polar surface area (TPSA) is 15.3 Å². The van der Waals surface area contributed by atoms with E-state index in [0.717, 1.165) is 18.4 Å². The highest BCUT2D eigenvalue weighted by Crippen LogP contribution is 2.35. The van der Waals surface area contributed by atoms with E-state index in [4.69, 9.17) is 0 Å². The monoisotopic (exact) mass is 286 g/mol. The molecule has 1 heterocycles. The van der Waals surface area contributed by atoms with Gasteiger partial charge >= 0.3 is 0 Å². The molecule has 2 aliphatic rings. The van der Waals surface area contributed by atoms with Gasteiger partial charge in [-0.25, -0.2) is 0 Å². The van der Waals surface area contributed by atoms with Gasteiger partial charge in [-0.05, 0) is 50.3 Å². The summed E-state index contributed by atoms with van der Waals surface area (Å²) in [5.74, 6) is 1.04. The van der Waals surface area contributed by atoms with E-state index < -0.39 is 0 Å². The van der Waals surface area contributed by atoms with Crippen LogP contribution in [-0.2, 0) is 6.42 Å². The summed E-state index contributed by atoms with van der Waals surface area (Å²) < 4.78 is 0. The van der Waals surface area contributed by atoms with Crippen LogP contribution in [0.3, 0.4) is 0 Å². The fourth-order valence-electron chi connectivity index (χ4n) is 3.71. The van der Waals surface area contributed by atoms with Gasteiger partial charge in [0.15, 0.2) is 0 Å². The Labute approximate surface area is 129 Å². The van der Waals surface area contributed by atoms with Crippen molar-refractivity contribution in [2.75, 3.05) is 19.6 Å². The van der Waals surface area contributed by atoms with Crippen molar-refractivity contribution in [1.82, 2.24) is 10.2 Å². The second-order valence-corrected chi connectivity index (χ2v) is 6.93. The van der Waals surface area contributed by atoms with Crippen molar-refractivity contribution < 1.29 is 0 Å². The fourth-order valence-corrected chi connectivity index (χ4v) is 3.71. The molecule has 2 fully saturated rings. The van der Waals surface area contributed by atoms with E-state index >= 15 is 0 Å². The van der Waals surface area contributed by atoms with Crippen LogP contribution in [0, 0.1) is 5.92 Å². The van der Waals surface area contributed by atoms with Crippen molar-refractivity contribution in [3.63, 3.8) is 0 Å². The molecule has 0 spiro atoms. The number of nitrogens with zero attached hydrogens (tertiary/aromatic N) is 1. The first kappa shape index (κ1) is 15.1. The minimum atomic E-state index is 0.614. The summed E-state index contributed by atoms with van der Waals surface area (Å²) in [5, 5.41) is 3.77. The highest BCUT2D eigenvalue weighted by atomic mass is 15.2. The number of rotatable bonds is 6. The van der Waals surface area contributed by atoms with Crippen molar-refractivity contribution in [3.05, 3.63) is 35.9 Å². The molecule has 1 N–H and O–H groups in total. The summed E-state index contributed by atoms with van der Waals surface area (Å²) >= 11 is 0. The fraction of sp³-hybridized carbons (Fsp3) is 0.684. The zero-order valence-electron chi connectivity index (χ0n) is 13.4. The van der Waals surface area contributed by atoms with Gasteiger partial charge in [-0.2, -0.15) is 0 Å². The van der Waals surface area contributed by atoms with Crippen LogP contribution in [0.5, 0.6) is 0 Å². The maximum atomic E-state index is 3.77. The lowest BCUT2D eigenvalue weighted by Gasteiger charge is -2.32. The van der Waals surface area contributed by atoms with Gasteiger partial charge in [-0.3, -0.25) is 4.90 Å². The standard InChI is InChI=1S/C19H30N2/c1-2-19(14-17-9-10-17)21-12-6-11-20-18(15-21)13-16-7-4-3-5-8-16/h3-5,7-8,17-20H,2,6,9-15H2,1H3. The normalized spacial score (nSPS) is 25.5. The molecular formula is C19H30N2. The van der Waals surface area contributed by atoms with E-state index in [2.05, 4.69) is 47.5 Å². The van der Waals surface area contributed by atoms with Crippen LogP contribution in [0.1, 0.15) is 44.6 Å². The van der Waals surface area contributed by atoms with Crippen LogP contribution in [0.25, 0.3) is 0 Å². The molecule has 2 heteroatoms. The maximum absolute atomic E-state index is 3.77. The molecule has 0 bridgehead atoms. The number of hydrogen-bond donors (Lipinski definition) is 1. The van der Waals surface area contributed by atoms with Gasteiger partial charge in [-0.1, -0.05) is 50.1 Å². The molecule has 2 atom stereocenters. The molecule has 1 aliphatic heterocycles. The Morgan fingerprint density at radius 3 is 2.76 bits per heavy atom. The Hall–Kier alpha value is -0.860. The molecule has 116 valence electrons. The molecule has 3 rings (SSSR count). The summed E-state index contributed by atoms with van der Waals surface area (Å²) in [6.45, 7) is 6.05. The predicted octanol–water partition coefficient (Wildman–Crippen LogP) is 3.47. The van der Waals surface area contributed by atoms with Gasteiger partial charge in [0.05, 0.1) is 0 Å². The summed E-state index contributed by atoms with van der Waals surface area (Å²) in [6, 6.07) is 12.4. The molecule has 1 aromatic rings. The molecule has 1 saturated carbocycles. The molecule has 2 nitrogen and oxygen atoms in total. The minimum absolute atomic E-state index is 0.614. The Kier molecular flexibility index (Phi) is 5.32. The smallest absolute Gasteiger partial charge is 0.0235 e. The van der Waals surface area contributed by atoms with Gasteiger partial charge in [0.25, 0.3) is 0 Å². The average molecular weight is 286 g/mol. The molecule has 1 saturated heterocycles. The Balaban J connectivity index is 1.59. The molecule has 1 aromatic carbocycles. The minimum Gasteiger partial charge on any atom is -0.312 e. The van der Waals surface area contributed by atoms with Gasteiger partial charge in [0, 0.05) is 18.6 Å². The van der Waals surface area contributed by atoms with Crippen LogP contribution in [-0.4, -0.2) is 36.6 Å². The van der Waals surface area contributed by atoms with E-state index in [1.54, 1.807) is 0 Å². The van der Waals surface area contributed by atoms with E-state index in [1.807, 2.05) is 0 Å². The Bertz CT molecular complexity index is 413. The summed E-state index contributed by atoms with van der Waals surface area (Å²) in [6.07, 6.45) is 8.18. The molecule has 21 heavy (non-hydrogen) atoms. The molecular weight excluding hydrogens is 256 g/mol. The third-order valence-electron chi connectivity index (χ3n) is 5.12. The number of hydrogen-bond acceptors (Lipinski definition) is 2. The van der Waals surface area contributed by atoms with Crippen molar-refractivity contribution in [2.45, 2.75) is 57.5 Å². The summed E-state index contributed by atoms with van der Waals surface area (Å²) in [4.78, 5) is 2.78. The van der Waals surface area contributed by atoms with Crippen molar-refractivity contribution in [1.29, 1.82) is 0 Å². The highest BCUT2D eigenvalue weighted by Gasteiger charge is 2.29. The quantitative estimate of drug-likeness (QED) is 0.861. The van der Waals surface area contributed by atoms with Crippen molar-refractivity contribution in [3.8, 4) is 0 Å². The Morgan fingerprint density at radius 1 is 1.24 bits per heavy atom. The zero-order valence-corrected chi connectivity index (χ0v) is 13.4. The van der Waals surface area contributed by atoms with Crippen LogP contribution < -0.4 is 5.32 Å². The molecule has 0 aromatic heterocycles. The molecule has 1 aliphatic carbocycles. The highest BCUT2D eigenvalue weighted by molar-refractivity contribution is 5.16. The largest absolute Gasteiger partial charge is 0.312 e. The van der Waals surface area contributed by atoms with Gasteiger partial charge < -0.3 is 5.32 Å². The second kappa shape index (κ2) is 7.42. The molecule has 0 radical (unpaired) electrons. The maximum Gasteiger partial charge on any atom is 0.0235 e. The SMILES string of the molecule is CCC(CC1CC1)N1CCCNC(Cc2ccccc2)C1. The number of benzene rings is 1. The Morgan fingerprint density at radius 2 is 2.05 bits per heavy atom. The lowest BCUT2D eigenvalue weighted by Crippen LogP contribution is -2.43. The summed E-state index contributed by atoms with van der Waals surface area (Å²) in [5.41, 5.74) is 1.46. The van der Waals surface area contributed by atoms with Crippen LogP contribution in [0.4, 0.5) is 0 Å². The zero-order chi connectivity index (χ0) is 14.5. The lowest BCUT2D eigenvalue weighted by molar-refractivity contribution is 0.172. The second-order valence-electron chi connectivity index (χ2n) is 6.93. The summed E-state index contributed by atoms with van der Waals surface area (Å²) in [7, 11) is 0.